The molecule has 1 aromatic carbocycles. The van der Waals surface area contributed by atoms with Gasteiger partial charge in [-0.2, -0.15) is 0 Å². The Kier molecular flexibility index (Phi) is 6.22. The van der Waals surface area contributed by atoms with E-state index in [9.17, 15) is 4.79 Å². The van der Waals surface area contributed by atoms with Gasteiger partial charge in [-0.1, -0.05) is 25.5 Å². The second-order valence-corrected chi connectivity index (χ2v) is 4.11. The van der Waals surface area contributed by atoms with Gasteiger partial charge in [0.2, 0.25) is 6.10 Å². The van der Waals surface area contributed by atoms with Crippen molar-refractivity contribution in [2.75, 3.05) is 13.7 Å². The van der Waals surface area contributed by atoms with Gasteiger partial charge in [-0.3, -0.25) is 0 Å². The summed E-state index contributed by atoms with van der Waals surface area (Å²) in [6, 6.07) is 7.74. The van der Waals surface area contributed by atoms with Gasteiger partial charge in [0.05, 0.1) is 7.11 Å². The number of unbranched alkanes of at least 4 members (excludes halogenated alkanes) is 1. The van der Waals surface area contributed by atoms with Crippen LogP contribution < -0.4 is 10.5 Å². The van der Waals surface area contributed by atoms with Crippen LogP contribution >= 0.6 is 0 Å². The van der Waals surface area contributed by atoms with E-state index in [0.717, 1.165) is 6.42 Å². The first-order valence-electron chi connectivity index (χ1n) is 6.24. The van der Waals surface area contributed by atoms with Gasteiger partial charge in [-0.15, -0.1) is 0 Å². The molecule has 0 spiro atoms. The predicted octanol–water partition coefficient (Wildman–Crippen LogP) is 1.91. The highest BCUT2D eigenvalue weighted by Crippen LogP contribution is 2.15. The van der Waals surface area contributed by atoms with E-state index in [1.165, 1.54) is 25.5 Å². The number of hydrogen-bond donors (Lipinski definition) is 1. The summed E-state index contributed by atoms with van der Waals surface area (Å²) in [5.41, 5.74) is 6.74. The van der Waals surface area contributed by atoms with Crippen molar-refractivity contribution in [3.8, 4) is 5.75 Å². The lowest BCUT2D eigenvalue weighted by Crippen LogP contribution is -2.35. The van der Waals surface area contributed by atoms with Gasteiger partial charge in [-0.25, -0.2) is 4.79 Å². The molecule has 0 aromatic heterocycles. The number of ether oxygens (including phenoxy) is 2. The van der Waals surface area contributed by atoms with Gasteiger partial charge < -0.3 is 15.2 Å². The molecule has 1 rings (SSSR count). The van der Waals surface area contributed by atoms with Gasteiger partial charge in [-0.05, 0) is 30.5 Å². The van der Waals surface area contributed by atoms with Crippen molar-refractivity contribution in [1.29, 1.82) is 0 Å². The molecular formula is C14H21NO3. The fourth-order valence-corrected chi connectivity index (χ4v) is 1.60. The molecule has 1 aromatic rings. The number of rotatable bonds is 7. The number of esters is 1. The van der Waals surface area contributed by atoms with Crippen LogP contribution in [-0.2, 0) is 16.0 Å². The van der Waals surface area contributed by atoms with Crippen LogP contribution in [0, 0.1) is 0 Å². The third-order valence-electron chi connectivity index (χ3n) is 2.70. The third-order valence-corrected chi connectivity index (χ3v) is 2.70. The summed E-state index contributed by atoms with van der Waals surface area (Å²) in [6.45, 7) is 2.27. The lowest BCUT2D eigenvalue weighted by Gasteiger charge is -2.15. The van der Waals surface area contributed by atoms with E-state index in [1.54, 1.807) is 0 Å². The van der Waals surface area contributed by atoms with Crippen LogP contribution in [0.2, 0.25) is 0 Å². The van der Waals surface area contributed by atoms with E-state index >= 15 is 0 Å². The average Bonchev–Trinajstić information content (AvgIpc) is 2.43. The zero-order valence-corrected chi connectivity index (χ0v) is 11.0. The Morgan fingerprint density at radius 1 is 1.33 bits per heavy atom. The van der Waals surface area contributed by atoms with Crippen LogP contribution in [0.4, 0.5) is 0 Å². The largest absolute Gasteiger partial charge is 0.477 e. The minimum atomic E-state index is -0.739. The molecule has 18 heavy (non-hydrogen) atoms. The Labute approximate surface area is 108 Å². The average molecular weight is 251 g/mol. The summed E-state index contributed by atoms with van der Waals surface area (Å²) in [6.07, 6.45) is 2.68. The molecule has 1 atom stereocenters. The summed E-state index contributed by atoms with van der Waals surface area (Å²) >= 11 is 0. The first kappa shape index (κ1) is 14.5. The molecule has 0 heterocycles. The smallest absolute Gasteiger partial charge is 0.348 e. The molecule has 2 N–H and O–H groups in total. The number of benzene rings is 1. The van der Waals surface area contributed by atoms with E-state index in [0.29, 0.717) is 5.75 Å². The van der Waals surface area contributed by atoms with Crippen LogP contribution in [0.25, 0.3) is 0 Å². The highest BCUT2D eigenvalue weighted by atomic mass is 16.6. The lowest BCUT2D eigenvalue weighted by atomic mass is 10.1. The maximum atomic E-state index is 11.3. The standard InChI is InChI=1S/C14H21NO3/c1-3-4-5-11-6-8-12(9-7-11)18-13(10-15)14(16)17-2/h6-9,13H,3-5,10,15H2,1-2H3. The Bertz CT molecular complexity index is 362. The quantitative estimate of drug-likeness (QED) is 0.752. The molecule has 4 nitrogen and oxygen atoms in total. The Hall–Kier alpha value is -1.55. The van der Waals surface area contributed by atoms with Crippen LogP contribution in [0.5, 0.6) is 5.75 Å². The van der Waals surface area contributed by atoms with Crippen LogP contribution in [-0.4, -0.2) is 25.7 Å². The molecule has 0 aliphatic carbocycles. The van der Waals surface area contributed by atoms with E-state index < -0.39 is 12.1 Å². The van der Waals surface area contributed by atoms with Crippen molar-refractivity contribution in [2.45, 2.75) is 32.3 Å². The van der Waals surface area contributed by atoms with Gasteiger partial charge >= 0.3 is 5.97 Å². The molecular weight excluding hydrogens is 230 g/mol. The Balaban J connectivity index is 2.59. The molecule has 0 aliphatic rings. The number of carbonyl (C=O) groups is 1. The molecule has 4 heteroatoms. The molecule has 0 saturated carbocycles. The number of carbonyl (C=O) groups excluding carboxylic acids is 1. The van der Waals surface area contributed by atoms with Crippen molar-refractivity contribution in [1.82, 2.24) is 0 Å². The van der Waals surface area contributed by atoms with Crippen molar-refractivity contribution in [3.63, 3.8) is 0 Å². The fourth-order valence-electron chi connectivity index (χ4n) is 1.60. The molecule has 1 unspecified atom stereocenters. The zero-order chi connectivity index (χ0) is 13.4. The second-order valence-electron chi connectivity index (χ2n) is 4.11. The minimum absolute atomic E-state index is 0.101. The van der Waals surface area contributed by atoms with Crippen LogP contribution in [0.15, 0.2) is 24.3 Å². The summed E-state index contributed by atoms with van der Waals surface area (Å²) in [5, 5.41) is 0. The zero-order valence-electron chi connectivity index (χ0n) is 11.0. The summed E-state index contributed by atoms with van der Waals surface area (Å²) in [5.74, 6) is 0.184. The van der Waals surface area contributed by atoms with E-state index in [-0.39, 0.29) is 6.54 Å². The van der Waals surface area contributed by atoms with Gasteiger partial charge in [0.25, 0.3) is 0 Å². The third kappa shape index (κ3) is 4.37. The number of hydrogen-bond acceptors (Lipinski definition) is 4. The minimum Gasteiger partial charge on any atom is -0.477 e. The monoisotopic (exact) mass is 251 g/mol. The molecule has 100 valence electrons. The summed E-state index contributed by atoms with van der Waals surface area (Å²) in [4.78, 5) is 11.3. The van der Waals surface area contributed by atoms with Crippen molar-refractivity contribution < 1.29 is 14.3 Å². The van der Waals surface area contributed by atoms with Gasteiger partial charge in [0.1, 0.15) is 5.75 Å². The molecule has 0 amide bonds. The molecule has 0 bridgehead atoms. The van der Waals surface area contributed by atoms with Crippen LogP contribution in [0.1, 0.15) is 25.3 Å². The highest BCUT2D eigenvalue weighted by molar-refractivity contribution is 5.75. The second kappa shape index (κ2) is 7.71. The molecule has 0 fully saturated rings. The maximum absolute atomic E-state index is 11.3. The Morgan fingerprint density at radius 2 is 2.00 bits per heavy atom. The lowest BCUT2D eigenvalue weighted by molar-refractivity contribution is -0.148. The molecule has 0 radical (unpaired) electrons. The highest BCUT2D eigenvalue weighted by Gasteiger charge is 2.18. The number of aryl methyl sites for hydroxylation is 1. The normalized spacial score (nSPS) is 11.9. The van der Waals surface area contributed by atoms with Crippen LogP contribution in [0.3, 0.4) is 0 Å². The molecule has 0 aliphatic heterocycles. The fraction of sp³-hybridized carbons (Fsp3) is 0.500. The Morgan fingerprint density at radius 3 is 2.50 bits per heavy atom. The SMILES string of the molecule is CCCCc1ccc(OC(CN)C(=O)OC)cc1. The van der Waals surface area contributed by atoms with E-state index in [4.69, 9.17) is 10.5 Å². The first-order chi connectivity index (χ1) is 8.71. The first-order valence-corrected chi connectivity index (χ1v) is 6.24. The predicted molar refractivity (Wildman–Crippen MR) is 70.5 cm³/mol. The number of nitrogens with two attached hydrogens (primary N) is 1. The van der Waals surface area contributed by atoms with Gasteiger partial charge in [0, 0.05) is 6.54 Å². The van der Waals surface area contributed by atoms with Crippen molar-refractivity contribution in [2.24, 2.45) is 5.73 Å². The molecule has 0 saturated heterocycles. The topological polar surface area (TPSA) is 61.5 Å². The van der Waals surface area contributed by atoms with Gasteiger partial charge in [0.15, 0.2) is 0 Å². The van der Waals surface area contributed by atoms with E-state index in [2.05, 4.69) is 11.7 Å². The number of methoxy groups -OCH3 is 1. The summed E-state index contributed by atoms with van der Waals surface area (Å²) in [7, 11) is 1.32. The maximum Gasteiger partial charge on any atom is 0.348 e. The van der Waals surface area contributed by atoms with E-state index in [1.807, 2.05) is 24.3 Å². The summed E-state index contributed by atoms with van der Waals surface area (Å²) < 4.78 is 10.1. The van der Waals surface area contributed by atoms with Crippen molar-refractivity contribution >= 4 is 5.97 Å². The van der Waals surface area contributed by atoms with Crippen molar-refractivity contribution in [3.05, 3.63) is 29.8 Å².